The summed E-state index contributed by atoms with van der Waals surface area (Å²) in [5.41, 5.74) is -0.126. The van der Waals surface area contributed by atoms with Gasteiger partial charge in [-0.05, 0) is 19.8 Å². The highest BCUT2D eigenvalue weighted by atomic mass is 16.5. The molecule has 0 spiro atoms. The molecule has 1 aromatic heterocycles. The second-order valence-corrected chi connectivity index (χ2v) is 4.46. The Morgan fingerprint density at radius 2 is 2.59 bits per heavy atom. The Kier molecular flexibility index (Phi) is 3.46. The zero-order chi connectivity index (χ0) is 12.3. The van der Waals surface area contributed by atoms with Crippen molar-refractivity contribution in [2.45, 2.75) is 32.4 Å². The molecule has 2 unspecified atom stereocenters. The van der Waals surface area contributed by atoms with E-state index in [1.807, 2.05) is 6.92 Å². The van der Waals surface area contributed by atoms with Crippen molar-refractivity contribution in [3.8, 4) is 6.07 Å². The van der Waals surface area contributed by atoms with Crippen molar-refractivity contribution in [1.29, 1.82) is 5.26 Å². The van der Waals surface area contributed by atoms with Crippen LogP contribution in [0.4, 0.5) is 0 Å². The van der Waals surface area contributed by atoms with Crippen LogP contribution in [-0.2, 0) is 11.3 Å². The molecule has 5 nitrogen and oxygen atoms in total. The zero-order valence-corrected chi connectivity index (χ0v) is 9.96. The van der Waals surface area contributed by atoms with E-state index in [1.165, 1.54) is 0 Å². The lowest BCUT2D eigenvalue weighted by Crippen LogP contribution is -2.36. The van der Waals surface area contributed by atoms with Crippen molar-refractivity contribution >= 4 is 0 Å². The van der Waals surface area contributed by atoms with Gasteiger partial charge in [-0.25, -0.2) is 0 Å². The van der Waals surface area contributed by atoms with Crippen LogP contribution in [0.25, 0.3) is 0 Å². The van der Waals surface area contributed by atoms with Crippen LogP contribution in [0.5, 0.6) is 0 Å². The van der Waals surface area contributed by atoms with Gasteiger partial charge in [0.2, 0.25) is 0 Å². The first-order valence-electron chi connectivity index (χ1n) is 5.91. The fourth-order valence-corrected chi connectivity index (χ4v) is 2.19. The highest BCUT2D eigenvalue weighted by molar-refractivity contribution is 5.18. The largest absolute Gasteiger partial charge is 0.387 e. The quantitative estimate of drug-likeness (QED) is 0.856. The first-order chi connectivity index (χ1) is 8.22. The number of nitriles is 1. The number of aliphatic hydroxyl groups excluding tert-OH is 1. The second kappa shape index (κ2) is 4.86. The number of hydrogen-bond acceptors (Lipinski definition) is 4. The van der Waals surface area contributed by atoms with Crippen LogP contribution in [0.3, 0.4) is 0 Å². The van der Waals surface area contributed by atoms with Crippen molar-refractivity contribution in [1.82, 2.24) is 9.78 Å². The Hall–Kier alpha value is -1.38. The van der Waals surface area contributed by atoms with E-state index in [9.17, 15) is 10.4 Å². The number of aromatic nitrogens is 2. The van der Waals surface area contributed by atoms with Crippen LogP contribution in [0.2, 0.25) is 0 Å². The molecule has 1 fully saturated rings. The van der Waals surface area contributed by atoms with Gasteiger partial charge in [-0.1, -0.05) is 0 Å². The minimum absolute atomic E-state index is 0.294. The average Bonchev–Trinajstić information content (AvgIpc) is 2.87. The summed E-state index contributed by atoms with van der Waals surface area (Å²) in [6, 6.07) is 2.23. The summed E-state index contributed by atoms with van der Waals surface area (Å²) in [6.45, 7) is 3.70. The molecule has 1 aromatic rings. The summed E-state index contributed by atoms with van der Waals surface area (Å²) < 4.78 is 7.09. The molecule has 17 heavy (non-hydrogen) atoms. The minimum Gasteiger partial charge on any atom is -0.387 e. The van der Waals surface area contributed by atoms with E-state index in [-0.39, 0.29) is 0 Å². The van der Waals surface area contributed by atoms with Gasteiger partial charge in [-0.2, -0.15) is 10.4 Å². The Labute approximate surface area is 101 Å². The van der Waals surface area contributed by atoms with E-state index in [2.05, 4.69) is 11.2 Å². The lowest BCUT2D eigenvalue weighted by atomic mass is 9.77. The second-order valence-electron chi connectivity index (χ2n) is 4.46. The standard InChI is InChI=1S/C12H17N3O2/c1-2-15-7-10(6-14-15)11(16)12(8-13)4-3-5-17-9-12/h6-7,11,16H,2-5,9H2,1H3. The topological polar surface area (TPSA) is 71.1 Å². The Morgan fingerprint density at radius 1 is 1.76 bits per heavy atom. The molecule has 92 valence electrons. The minimum atomic E-state index is -0.826. The van der Waals surface area contributed by atoms with Gasteiger partial charge < -0.3 is 9.84 Å². The maximum Gasteiger partial charge on any atom is 0.111 e. The molecule has 1 aliphatic rings. The first kappa shape index (κ1) is 12.1. The molecule has 2 atom stereocenters. The molecule has 0 aliphatic carbocycles. The first-order valence-corrected chi connectivity index (χ1v) is 5.91. The number of ether oxygens (including phenoxy) is 1. The number of aliphatic hydroxyl groups is 1. The molecule has 5 heteroatoms. The van der Waals surface area contributed by atoms with Gasteiger partial charge >= 0.3 is 0 Å². The van der Waals surface area contributed by atoms with Crippen molar-refractivity contribution in [3.05, 3.63) is 18.0 Å². The Morgan fingerprint density at radius 3 is 3.12 bits per heavy atom. The van der Waals surface area contributed by atoms with Gasteiger partial charge in [0.15, 0.2) is 0 Å². The van der Waals surface area contributed by atoms with Crippen LogP contribution >= 0.6 is 0 Å². The smallest absolute Gasteiger partial charge is 0.111 e. The van der Waals surface area contributed by atoms with Gasteiger partial charge in [0, 0.05) is 24.9 Å². The zero-order valence-electron chi connectivity index (χ0n) is 9.96. The lowest BCUT2D eigenvalue weighted by Gasteiger charge is -2.34. The fourth-order valence-electron chi connectivity index (χ4n) is 2.19. The highest BCUT2D eigenvalue weighted by Crippen LogP contribution is 2.40. The van der Waals surface area contributed by atoms with Crippen LogP contribution in [0, 0.1) is 16.7 Å². The molecule has 0 bridgehead atoms. The molecular formula is C12H17N3O2. The van der Waals surface area contributed by atoms with E-state index >= 15 is 0 Å². The molecular weight excluding hydrogens is 218 g/mol. The molecule has 2 rings (SSSR count). The van der Waals surface area contributed by atoms with E-state index < -0.39 is 11.5 Å². The third-order valence-corrected chi connectivity index (χ3v) is 3.31. The van der Waals surface area contributed by atoms with E-state index in [0.717, 1.165) is 13.0 Å². The Bertz CT molecular complexity index is 416. The maximum atomic E-state index is 10.3. The van der Waals surface area contributed by atoms with E-state index in [4.69, 9.17) is 4.74 Å². The summed E-state index contributed by atoms with van der Waals surface area (Å²) in [5.74, 6) is 0. The predicted octanol–water partition coefficient (Wildman–Crippen LogP) is 1.26. The molecule has 2 heterocycles. The van der Waals surface area contributed by atoms with Crippen LogP contribution in [0.15, 0.2) is 12.4 Å². The normalized spacial score (nSPS) is 26.4. The van der Waals surface area contributed by atoms with Crippen molar-refractivity contribution in [2.75, 3.05) is 13.2 Å². The van der Waals surface area contributed by atoms with Gasteiger partial charge in [0.25, 0.3) is 0 Å². The maximum absolute atomic E-state index is 10.3. The monoisotopic (exact) mass is 235 g/mol. The van der Waals surface area contributed by atoms with Crippen LogP contribution in [-0.4, -0.2) is 28.1 Å². The predicted molar refractivity (Wildman–Crippen MR) is 61.0 cm³/mol. The fraction of sp³-hybridized carbons (Fsp3) is 0.667. The molecule has 1 saturated heterocycles. The summed E-state index contributed by atoms with van der Waals surface area (Å²) in [7, 11) is 0. The third kappa shape index (κ3) is 2.19. The summed E-state index contributed by atoms with van der Waals surface area (Å²) >= 11 is 0. The van der Waals surface area contributed by atoms with Gasteiger partial charge in [0.1, 0.15) is 11.5 Å². The van der Waals surface area contributed by atoms with Crippen LogP contribution in [0.1, 0.15) is 31.4 Å². The lowest BCUT2D eigenvalue weighted by molar-refractivity contribution is -0.0506. The third-order valence-electron chi connectivity index (χ3n) is 3.31. The number of nitrogens with zero attached hydrogens (tertiary/aromatic N) is 3. The van der Waals surface area contributed by atoms with E-state index in [0.29, 0.717) is 25.2 Å². The molecule has 0 saturated carbocycles. The molecule has 0 radical (unpaired) electrons. The van der Waals surface area contributed by atoms with Gasteiger partial charge in [-0.15, -0.1) is 0 Å². The molecule has 1 N–H and O–H groups in total. The van der Waals surface area contributed by atoms with Crippen molar-refractivity contribution in [3.63, 3.8) is 0 Å². The number of hydrogen-bond donors (Lipinski definition) is 1. The number of aryl methyl sites for hydroxylation is 1. The average molecular weight is 235 g/mol. The summed E-state index contributed by atoms with van der Waals surface area (Å²) in [4.78, 5) is 0. The van der Waals surface area contributed by atoms with E-state index in [1.54, 1.807) is 17.1 Å². The van der Waals surface area contributed by atoms with Gasteiger partial charge in [0.05, 0.1) is 18.9 Å². The van der Waals surface area contributed by atoms with Crippen LogP contribution < -0.4 is 0 Å². The Balaban J connectivity index is 2.22. The summed E-state index contributed by atoms with van der Waals surface area (Å²) in [6.07, 6.45) is 4.07. The highest BCUT2D eigenvalue weighted by Gasteiger charge is 2.41. The van der Waals surface area contributed by atoms with Gasteiger partial charge in [-0.3, -0.25) is 4.68 Å². The number of rotatable bonds is 3. The SMILES string of the molecule is CCn1cc(C(O)C2(C#N)CCCOC2)cn1. The van der Waals surface area contributed by atoms with Crippen molar-refractivity contribution < 1.29 is 9.84 Å². The summed E-state index contributed by atoms with van der Waals surface area (Å²) in [5, 5.41) is 23.8. The molecule has 1 aliphatic heterocycles. The van der Waals surface area contributed by atoms with Crippen molar-refractivity contribution in [2.24, 2.45) is 5.41 Å². The molecule has 0 aromatic carbocycles. The molecule has 0 amide bonds.